The number of hydrogen-bond donors (Lipinski definition) is 1. The zero-order valence-electron chi connectivity index (χ0n) is 15.1. The van der Waals surface area contributed by atoms with Crippen molar-refractivity contribution in [2.24, 2.45) is 0 Å². The molecule has 1 aliphatic heterocycles. The number of hydrogen-bond acceptors (Lipinski definition) is 6. The van der Waals surface area contributed by atoms with Gasteiger partial charge in [0.05, 0.1) is 29.3 Å². The van der Waals surface area contributed by atoms with Crippen LogP contribution in [0.1, 0.15) is 17.0 Å². The number of imidazole rings is 1. The minimum Gasteiger partial charge on any atom is -0.489 e. The van der Waals surface area contributed by atoms with Crippen molar-refractivity contribution in [2.75, 3.05) is 12.3 Å². The van der Waals surface area contributed by atoms with Crippen molar-refractivity contribution in [1.29, 1.82) is 5.26 Å². The normalized spacial score (nSPS) is 13.4. The topological polar surface area (TPSA) is 99.0 Å². The summed E-state index contributed by atoms with van der Waals surface area (Å²) >= 11 is 0. The molecule has 0 unspecified atom stereocenters. The lowest BCUT2D eigenvalue weighted by Crippen LogP contribution is -2.16. The number of rotatable bonds is 3. The van der Waals surface area contributed by atoms with Gasteiger partial charge in [0.25, 0.3) is 0 Å². The fourth-order valence-corrected chi connectivity index (χ4v) is 3.54. The van der Waals surface area contributed by atoms with E-state index in [1.807, 2.05) is 30.3 Å². The number of anilines is 1. The monoisotopic (exact) mass is 371 g/mol. The van der Waals surface area contributed by atoms with Crippen LogP contribution < -0.4 is 10.5 Å². The quantitative estimate of drug-likeness (QED) is 0.594. The Morgan fingerprint density at radius 2 is 2.04 bits per heavy atom. The molecular formula is C21H17N5O2. The number of benzene rings is 2. The van der Waals surface area contributed by atoms with Crippen LogP contribution in [0.5, 0.6) is 5.75 Å². The van der Waals surface area contributed by atoms with Gasteiger partial charge in [-0.05, 0) is 29.8 Å². The number of nitrogen functional groups attached to an aromatic ring is 1. The largest absolute Gasteiger partial charge is 0.489 e. The minimum absolute atomic E-state index is 0.411. The third-order valence-electron chi connectivity index (χ3n) is 4.93. The van der Waals surface area contributed by atoms with Gasteiger partial charge < -0.3 is 19.8 Å². The lowest BCUT2D eigenvalue weighted by atomic mass is 10.1. The first-order chi connectivity index (χ1) is 13.7. The number of ether oxygens (including phenoxy) is 2. The number of nitrogens with zero attached hydrogens (tertiary/aromatic N) is 4. The van der Waals surface area contributed by atoms with E-state index >= 15 is 0 Å². The molecule has 2 aromatic carbocycles. The number of pyridine rings is 1. The molecule has 138 valence electrons. The van der Waals surface area contributed by atoms with Gasteiger partial charge in [-0.15, -0.1) is 0 Å². The molecular weight excluding hydrogens is 354 g/mol. The molecule has 2 N–H and O–H groups in total. The molecule has 0 spiro atoms. The van der Waals surface area contributed by atoms with Crippen molar-refractivity contribution in [3.63, 3.8) is 0 Å². The Morgan fingerprint density at radius 3 is 2.86 bits per heavy atom. The maximum absolute atomic E-state index is 8.88. The Morgan fingerprint density at radius 1 is 1.18 bits per heavy atom. The van der Waals surface area contributed by atoms with Crippen molar-refractivity contribution in [2.45, 2.75) is 19.8 Å². The van der Waals surface area contributed by atoms with Crippen LogP contribution in [-0.2, 0) is 24.5 Å². The summed E-state index contributed by atoms with van der Waals surface area (Å²) in [6.45, 7) is 2.31. The Kier molecular flexibility index (Phi) is 3.85. The highest BCUT2D eigenvalue weighted by Crippen LogP contribution is 2.32. The molecule has 0 atom stereocenters. The zero-order valence-corrected chi connectivity index (χ0v) is 15.1. The molecule has 0 aliphatic carbocycles. The summed E-state index contributed by atoms with van der Waals surface area (Å²) in [5.41, 5.74) is 10.3. The highest BCUT2D eigenvalue weighted by atomic mass is 16.5. The number of nitriles is 1. The molecule has 0 radical (unpaired) electrons. The predicted octanol–water partition coefficient (Wildman–Crippen LogP) is 3.15. The van der Waals surface area contributed by atoms with Gasteiger partial charge >= 0.3 is 0 Å². The molecule has 2 aromatic heterocycles. The average molecular weight is 371 g/mol. The molecule has 0 amide bonds. The first-order valence-electron chi connectivity index (χ1n) is 9.01. The Bertz CT molecular complexity index is 1240. The maximum atomic E-state index is 8.88. The highest BCUT2D eigenvalue weighted by molar-refractivity contribution is 6.06. The Hall–Kier alpha value is -3.63. The summed E-state index contributed by atoms with van der Waals surface area (Å²) < 4.78 is 13.6. The third kappa shape index (κ3) is 2.71. The fourth-order valence-electron chi connectivity index (χ4n) is 3.54. The van der Waals surface area contributed by atoms with Crippen LogP contribution in [0.25, 0.3) is 21.9 Å². The van der Waals surface area contributed by atoms with Crippen molar-refractivity contribution < 1.29 is 9.47 Å². The summed E-state index contributed by atoms with van der Waals surface area (Å²) in [5, 5.41) is 9.88. The van der Waals surface area contributed by atoms with Gasteiger partial charge in [-0.1, -0.05) is 12.1 Å². The standard InChI is InChI=1S/C21H17N5O2/c22-10-13-1-3-14(4-2-13)11-28-15-5-6-16-17(9-15)24-21(23)19-20(16)26-7-8-27-12-18(26)25-19/h1-6,9H,7-8,11-12H2,(H2,23,24). The maximum Gasteiger partial charge on any atom is 0.152 e. The van der Waals surface area contributed by atoms with Crippen LogP contribution in [0, 0.1) is 11.3 Å². The van der Waals surface area contributed by atoms with Crippen LogP contribution >= 0.6 is 0 Å². The number of nitrogens with two attached hydrogens (primary N) is 1. The van der Waals surface area contributed by atoms with Crippen molar-refractivity contribution >= 4 is 27.8 Å². The summed E-state index contributed by atoms with van der Waals surface area (Å²) in [6, 6.07) is 15.3. The van der Waals surface area contributed by atoms with Crippen LogP contribution in [0.15, 0.2) is 42.5 Å². The van der Waals surface area contributed by atoms with Gasteiger partial charge in [-0.25, -0.2) is 9.97 Å². The smallest absolute Gasteiger partial charge is 0.152 e. The summed E-state index contributed by atoms with van der Waals surface area (Å²) in [7, 11) is 0. The van der Waals surface area contributed by atoms with Gasteiger partial charge in [0.1, 0.15) is 30.3 Å². The second-order valence-electron chi connectivity index (χ2n) is 6.70. The van der Waals surface area contributed by atoms with Crippen LogP contribution in [0.2, 0.25) is 0 Å². The molecule has 7 nitrogen and oxygen atoms in total. The highest BCUT2D eigenvalue weighted by Gasteiger charge is 2.20. The molecule has 28 heavy (non-hydrogen) atoms. The van der Waals surface area contributed by atoms with Crippen molar-refractivity contribution in [1.82, 2.24) is 14.5 Å². The zero-order chi connectivity index (χ0) is 19.1. The van der Waals surface area contributed by atoms with E-state index in [0.717, 1.165) is 39.9 Å². The number of aromatic nitrogens is 3. The van der Waals surface area contributed by atoms with Gasteiger partial charge in [-0.2, -0.15) is 5.26 Å². The Balaban J connectivity index is 1.50. The SMILES string of the molecule is N#Cc1ccc(COc2ccc3c(c2)nc(N)c2nc4n(c23)CCOC4)cc1. The molecule has 1 aliphatic rings. The average Bonchev–Trinajstić information content (AvgIpc) is 3.13. The summed E-state index contributed by atoms with van der Waals surface area (Å²) in [4.78, 5) is 9.14. The lowest BCUT2D eigenvalue weighted by molar-refractivity contribution is 0.0831. The van der Waals surface area contributed by atoms with Gasteiger partial charge in [0.15, 0.2) is 5.82 Å². The van der Waals surface area contributed by atoms with Gasteiger partial charge in [-0.3, -0.25) is 0 Å². The second kappa shape index (κ2) is 6.51. The van der Waals surface area contributed by atoms with E-state index in [1.165, 1.54) is 0 Å². The van der Waals surface area contributed by atoms with E-state index in [-0.39, 0.29) is 0 Å². The fraction of sp³-hybridized carbons (Fsp3) is 0.190. The number of fused-ring (bicyclic) bond motifs is 5. The third-order valence-corrected chi connectivity index (χ3v) is 4.93. The van der Waals surface area contributed by atoms with Crippen molar-refractivity contribution in [3.8, 4) is 11.8 Å². The molecule has 5 rings (SSSR count). The summed E-state index contributed by atoms with van der Waals surface area (Å²) in [5.74, 6) is 2.00. The molecule has 0 saturated heterocycles. The van der Waals surface area contributed by atoms with Crippen LogP contribution in [0.4, 0.5) is 5.82 Å². The minimum atomic E-state index is 0.411. The van der Waals surface area contributed by atoms with E-state index in [9.17, 15) is 0 Å². The molecule has 4 aromatic rings. The van der Waals surface area contributed by atoms with E-state index in [2.05, 4.69) is 20.6 Å². The first kappa shape index (κ1) is 16.5. The summed E-state index contributed by atoms with van der Waals surface area (Å²) in [6.07, 6.45) is 0. The van der Waals surface area contributed by atoms with E-state index in [4.69, 9.17) is 20.5 Å². The lowest BCUT2D eigenvalue weighted by Gasteiger charge is -2.15. The molecule has 7 heteroatoms. The van der Waals surface area contributed by atoms with Gasteiger partial charge in [0.2, 0.25) is 0 Å². The molecule has 3 heterocycles. The Labute approximate surface area is 160 Å². The van der Waals surface area contributed by atoms with Gasteiger partial charge in [0, 0.05) is 18.0 Å². The van der Waals surface area contributed by atoms with Crippen LogP contribution in [-0.4, -0.2) is 21.1 Å². The molecule has 0 saturated carbocycles. The van der Waals surface area contributed by atoms with Crippen LogP contribution in [0.3, 0.4) is 0 Å². The molecule has 0 bridgehead atoms. The molecule has 0 fully saturated rings. The second-order valence-corrected chi connectivity index (χ2v) is 6.70. The van der Waals surface area contributed by atoms with E-state index in [1.54, 1.807) is 12.1 Å². The van der Waals surface area contributed by atoms with Crippen molar-refractivity contribution in [3.05, 3.63) is 59.4 Å². The first-order valence-corrected chi connectivity index (χ1v) is 9.01. The van der Waals surface area contributed by atoms with E-state index < -0.39 is 0 Å². The van der Waals surface area contributed by atoms with E-state index in [0.29, 0.717) is 37.0 Å². The predicted molar refractivity (Wildman–Crippen MR) is 105 cm³/mol.